The summed E-state index contributed by atoms with van der Waals surface area (Å²) >= 11 is 5.39. The molecular weight excluding hydrogens is 430 g/mol. The smallest absolute Gasteiger partial charge is 0.306 e. The highest BCUT2D eigenvalue weighted by Crippen LogP contribution is 2.35. The van der Waals surface area contributed by atoms with E-state index in [2.05, 4.69) is 10.8 Å². The lowest BCUT2D eigenvalue weighted by molar-refractivity contribution is -0.155. The van der Waals surface area contributed by atoms with Crippen molar-refractivity contribution in [1.29, 1.82) is 0 Å². The fraction of sp³-hybridized carbons (Fsp3) is 0.720. The van der Waals surface area contributed by atoms with Crippen LogP contribution in [0.25, 0.3) is 0 Å². The van der Waals surface area contributed by atoms with Crippen molar-refractivity contribution in [3.63, 3.8) is 0 Å². The zero-order valence-electron chi connectivity index (χ0n) is 20.1. The van der Waals surface area contributed by atoms with Crippen molar-refractivity contribution in [3.05, 3.63) is 34.3 Å². The summed E-state index contributed by atoms with van der Waals surface area (Å²) in [6.07, 6.45) is 7.35. The Morgan fingerprint density at radius 1 is 1.16 bits per heavy atom. The molecule has 0 radical (unpaired) electrons. The molecule has 0 spiro atoms. The highest BCUT2D eigenvalue weighted by Gasteiger charge is 2.31. The minimum Gasteiger partial charge on any atom is -0.598 e. The van der Waals surface area contributed by atoms with Gasteiger partial charge in [-0.2, -0.15) is 0 Å². The molecule has 31 heavy (non-hydrogen) atoms. The number of halogens is 1. The Morgan fingerprint density at radius 2 is 1.87 bits per heavy atom. The molecule has 0 aromatic heterocycles. The summed E-state index contributed by atoms with van der Waals surface area (Å²) < 4.78 is 21.5. The number of carbonyl (C=O) groups excluding carboxylic acids is 1. The van der Waals surface area contributed by atoms with Crippen LogP contribution in [-0.4, -0.2) is 20.9 Å². The first-order valence-electron chi connectivity index (χ1n) is 11.5. The van der Waals surface area contributed by atoms with Gasteiger partial charge in [-0.25, -0.2) is 0 Å². The molecule has 1 N–H and O–H groups in total. The van der Waals surface area contributed by atoms with E-state index in [1.807, 2.05) is 53.7 Å². The third-order valence-electron chi connectivity index (χ3n) is 5.67. The van der Waals surface area contributed by atoms with Crippen LogP contribution in [0.2, 0.25) is 5.02 Å². The second-order valence-electron chi connectivity index (χ2n) is 10.7. The molecule has 2 rings (SSSR count). The summed E-state index contributed by atoms with van der Waals surface area (Å²) in [5, 5.41) is 0.799. The van der Waals surface area contributed by atoms with Gasteiger partial charge in [-0.3, -0.25) is 4.79 Å². The van der Waals surface area contributed by atoms with E-state index in [-0.39, 0.29) is 16.8 Å². The van der Waals surface area contributed by atoms with Gasteiger partial charge >= 0.3 is 5.97 Å². The number of hydrogen-bond acceptors (Lipinski definition) is 4. The topological polar surface area (TPSA) is 61.4 Å². The van der Waals surface area contributed by atoms with Crippen LogP contribution in [0.15, 0.2) is 18.2 Å². The molecule has 3 atom stereocenters. The molecule has 1 aliphatic rings. The molecular formula is C25H40ClNO3S. The predicted octanol–water partition coefficient (Wildman–Crippen LogP) is 6.68. The van der Waals surface area contributed by atoms with E-state index in [1.165, 1.54) is 5.56 Å². The summed E-state index contributed by atoms with van der Waals surface area (Å²) in [5.74, 6) is 0.339. The first-order chi connectivity index (χ1) is 14.4. The second kappa shape index (κ2) is 11.4. The first kappa shape index (κ1) is 26.5. The van der Waals surface area contributed by atoms with Crippen molar-refractivity contribution >= 4 is 28.9 Å². The SMILES string of the molecule is CC(C)(C)OC(=O)CCC1CCCCc2c(Cl)cccc2[C@H](N[S+]([O-])C(C)(C)C)CC1. The van der Waals surface area contributed by atoms with Gasteiger partial charge in [0.2, 0.25) is 0 Å². The number of carbonyl (C=O) groups is 1. The van der Waals surface area contributed by atoms with Gasteiger partial charge in [0, 0.05) is 22.8 Å². The number of esters is 1. The van der Waals surface area contributed by atoms with Gasteiger partial charge in [0.05, 0.1) is 6.04 Å². The zero-order chi connectivity index (χ0) is 23.2. The van der Waals surface area contributed by atoms with E-state index < -0.39 is 17.0 Å². The van der Waals surface area contributed by atoms with Crippen molar-refractivity contribution in [2.75, 3.05) is 0 Å². The summed E-state index contributed by atoms with van der Waals surface area (Å²) in [4.78, 5) is 12.2. The molecule has 0 bridgehead atoms. The second-order valence-corrected chi connectivity index (χ2v) is 13.1. The fourth-order valence-electron chi connectivity index (χ4n) is 4.03. The Kier molecular flexibility index (Phi) is 9.75. The van der Waals surface area contributed by atoms with E-state index in [4.69, 9.17) is 16.3 Å². The molecule has 0 fully saturated rings. The highest BCUT2D eigenvalue weighted by atomic mass is 35.5. The summed E-state index contributed by atoms with van der Waals surface area (Å²) in [6, 6.07) is 6.04. The molecule has 4 nitrogen and oxygen atoms in total. The molecule has 0 saturated heterocycles. The van der Waals surface area contributed by atoms with Crippen LogP contribution < -0.4 is 4.72 Å². The summed E-state index contributed by atoms with van der Waals surface area (Å²) in [5.41, 5.74) is 1.90. The lowest BCUT2D eigenvalue weighted by Gasteiger charge is -2.31. The molecule has 1 aromatic rings. The minimum atomic E-state index is -1.17. The van der Waals surface area contributed by atoms with E-state index in [0.29, 0.717) is 12.3 Å². The Hall–Kier alpha value is -0.750. The Bertz CT molecular complexity index is 726. The molecule has 1 aliphatic carbocycles. The van der Waals surface area contributed by atoms with Gasteiger partial charge in [0.25, 0.3) is 0 Å². The standard InChI is InChI=1S/C25H40ClNO3S/c1-24(2,3)30-23(28)17-15-18-10-7-8-11-19-20(12-9-13-21(19)26)22(16-14-18)27-31(29)25(4,5)6/h9,12-13,18,22,27H,7-8,10-11,14-17H2,1-6H3/t18?,22-,31?/m1/s1. The highest BCUT2D eigenvalue weighted by molar-refractivity contribution is 7.90. The van der Waals surface area contributed by atoms with Crippen molar-refractivity contribution in [3.8, 4) is 0 Å². The molecule has 0 saturated carbocycles. The van der Waals surface area contributed by atoms with Crippen molar-refractivity contribution in [2.45, 2.75) is 109 Å². The maximum Gasteiger partial charge on any atom is 0.306 e. The molecule has 0 aliphatic heterocycles. The molecule has 176 valence electrons. The average Bonchev–Trinajstić information content (AvgIpc) is 2.64. The normalized spacial score (nSPS) is 21.8. The van der Waals surface area contributed by atoms with Crippen LogP contribution in [0.5, 0.6) is 0 Å². The third-order valence-corrected chi connectivity index (χ3v) is 7.63. The van der Waals surface area contributed by atoms with E-state index in [0.717, 1.165) is 55.5 Å². The van der Waals surface area contributed by atoms with Crippen LogP contribution >= 0.6 is 11.6 Å². The van der Waals surface area contributed by atoms with Gasteiger partial charge in [-0.05, 0) is 96.8 Å². The van der Waals surface area contributed by atoms with Gasteiger partial charge in [0.1, 0.15) is 10.3 Å². The molecule has 0 amide bonds. The van der Waals surface area contributed by atoms with Crippen LogP contribution in [0.3, 0.4) is 0 Å². The van der Waals surface area contributed by atoms with Gasteiger partial charge in [-0.15, -0.1) is 4.72 Å². The number of nitrogens with one attached hydrogen (secondary N) is 1. The maximum atomic E-state index is 12.9. The first-order valence-corrected chi connectivity index (χ1v) is 13.1. The predicted molar refractivity (Wildman–Crippen MR) is 131 cm³/mol. The van der Waals surface area contributed by atoms with Crippen LogP contribution in [0.4, 0.5) is 0 Å². The fourth-order valence-corrected chi connectivity index (χ4v) is 5.17. The number of hydrogen-bond donors (Lipinski definition) is 1. The quantitative estimate of drug-likeness (QED) is 0.386. The number of fused-ring (bicyclic) bond motifs is 1. The van der Waals surface area contributed by atoms with Gasteiger partial charge in [-0.1, -0.05) is 36.6 Å². The van der Waals surface area contributed by atoms with Gasteiger partial charge < -0.3 is 9.29 Å². The minimum absolute atomic E-state index is 0.0177. The van der Waals surface area contributed by atoms with Crippen LogP contribution in [0.1, 0.15) is 104 Å². The van der Waals surface area contributed by atoms with Crippen LogP contribution in [-0.2, 0) is 27.3 Å². The largest absolute Gasteiger partial charge is 0.598 e. The maximum absolute atomic E-state index is 12.9. The lowest BCUT2D eigenvalue weighted by Crippen LogP contribution is -2.41. The van der Waals surface area contributed by atoms with E-state index in [1.54, 1.807) is 0 Å². The van der Waals surface area contributed by atoms with E-state index >= 15 is 0 Å². The number of benzene rings is 1. The Balaban J connectivity index is 2.15. The molecule has 0 heterocycles. The number of ether oxygens (including phenoxy) is 1. The molecule has 1 aromatic carbocycles. The summed E-state index contributed by atoms with van der Waals surface area (Å²) in [7, 11) is 0. The van der Waals surface area contributed by atoms with Crippen molar-refractivity contribution in [2.24, 2.45) is 5.92 Å². The van der Waals surface area contributed by atoms with Gasteiger partial charge in [0.15, 0.2) is 0 Å². The molecule has 6 heteroatoms. The van der Waals surface area contributed by atoms with Crippen molar-refractivity contribution in [1.82, 2.24) is 4.72 Å². The van der Waals surface area contributed by atoms with Crippen molar-refractivity contribution < 1.29 is 14.1 Å². The summed E-state index contributed by atoms with van der Waals surface area (Å²) in [6.45, 7) is 11.7. The zero-order valence-corrected chi connectivity index (χ0v) is 21.6. The molecule has 2 unspecified atom stereocenters. The Morgan fingerprint density at radius 3 is 2.52 bits per heavy atom. The number of rotatable bonds is 5. The Labute approximate surface area is 197 Å². The monoisotopic (exact) mass is 469 g/mol. The van der Waals surface area contributed by atoms with E-state index in [9.17, 15) is 9.35 Å². The lowest BCUT2D eigenvalue weighted by atomic mass is 9.85. The average molecular weight is 470 g/mol. The third kappa shape index (κ3) is 8.95. The van der Waals surface area contributed by atoms with Crippen LogP contribution in [0, 0.1) is 5.92 Å².